The average Bonchev–Trinajstić information content (AvgIpc) is 3.12. The number of carbonyl (C=O) groups excluding carboxylic acids is 2. The number of hydrogen-bond donors (Lipinski definition) is 1. The molecular formula is C25H27F5N4O4. The number of nitrogens with one attached hydrogen (secondary N) is 1. The number of alkyl halides is 3. The van der Waals surface area contributed by atoms with Crippen LogP contribution in [-0.2, 0) is 14.3 Å². The van der Waals surface area contributed by atoms with Crippen molar-refractivity contribution in [1.82, 2.24) is 9.88 Å². The van der Waals surface area contributed by atoms with Crippen LogP contribution < -0.4 is 15.0 Å². The van der Waals surface area contributed by atoms with E-state index in [1.165, 1.54) is 30.2 Å². The largest absolute Gasteiger partial charge is 0.493 e. The maximum absolute atomic E-state index is 14.5. The Balaban J connectivity index is 1.68. The van der Waals surface area contributed by atoms with Crippen LogP contribution in [0.5, 0.6) is 5.75 Å². The van der Waals surface area contributed by atoms with Gasteiger partial charge in [0.15, 0.2) is 17.2 Å². The van der Waals surface area contributed by atoms with Gasteiger partial charge in [0, 0.05) is 48.4 Å². The lowest BCUT2D eigenvalue weighted by atomic mass is 9.77. The van der Waals surface area contributed by atoms with Crippen molar-refractivity contribution in [2.75, 3.05) is 44.0 Å². The molecule has 4 rings (SSSR count). The molecular weight excluding hydrogens is 515 g/mol. The van der Waals surface area contributed by atoms with E-state index in [0.717, 1.165) is 26.2 Å². The van der Waals surface area contributed by atoms with Gasteiger partial charge in [-0.1, -0.05) is 13.0 Å². The minimum Gasteiger partial charge on any atom is -0.493 e. The zero-order valence-corrected chi connectivity index (χ0v) is 21.1. The molecule has 206 valence electrons. The van der Waals surface area contributed by atoms with Crippen molar-refractivity contribution in [3.05, 3.63) is 47.7 Å². The number of halogens is 5. The highest BCUT2D eigenvalue weighted by Gasteiger charge is 2.66. The molecule has 38 heavy (non-hydrogen) atoms. The second-order valence-corrected chi connectivity index (χ2v) is 9.62. The number of aromatic nitrogens is 1. The second-order valence-electron chi connectivity index (χ2n) is 9.62. The number of carbonyl (C=O) groups is 2. The summed E-state index contributed by atoms with van der Waals surface area (Å²) in [6.07, 6.45) is -5.26. The number of methoxy groups -OCH3 is 1. The van der Waals surface area contributed by atoms with Gasteiger partial charge in [-0.05, 0) is 26.1 Å². The van der Waals surface area contributed by atoms with Crippen LogP contribution in [0, 0.1) is 17.6 Å². The summed E-state index contributed by atoms with van der Waals surface area (Å²) in [6, 6.07) is 4.69. The molecule has 4 unspecified atom stereocenters. The number of rotatable bonds is 5. The molecule has 4 atom stereocenters. The molecule has 0 bridgehead atoms. The molecule has 1 aromatic heterocycles. The summed E-state index contributed by atoms with van der Waals surface area (Å²) in [7, 11) is 2.85. The number of pyridine rings is 1. The molecule has 0 spiro atoms. The second kappa shape index (κ2) is 10.1. The van der Waals surface area contributed by atoms with Gasteiger partial charge in [0.1, 0.15) is 11.9 Å². The Kier molecular flexibility index (Phi) is 7.36. The van der Waals surface area contributed by atoms with Crippen molar-refractivity contribution in [3.63, 3.8) is 0 Å². The van der Waals surface area contributed by atoms with Gasteiger partial charge in [0.25, 0.3) is 5.91 Å². The first-order chi connectivity index (χ1) is 17.8. The minimum atomic E-state index is -4.88. The van der Waals surface area contributed by atoms with E-state index < -0.39 is 53.0 Å². The lowest BCUT2D eigenvalue weighted by Crippen LogP contribution is -2.49. The summed E-state index contributed by atoms with van der Waals surface area (Å²) in [4.78, 5) is 33.3. The summed E-state index contributed by atoms with van der Waals surface area (Å²) in [5, 5.41) is 2.53. The van der Waals surface area contributed by atoms with Crippen LogP contribution in [0.2, 0.25) is 0 Å². The van der Waals surface area contributed by atoms with Crippen molar-refractivity contribution >= 4 is 23.3 Å². The van der Waals surface area contributed by atoms with E-state index in [-0.39, 0.29) is 29.5 Å². The van der Waals surface area contributed by atoms with E-state index in [1.807, 2.05) is 4.90 Å². The quantitative estimate of drug-likeness (QED) is 0.580. The third kappa shape index (κ3) is 4.80. The van der Waals surface area contributed by atoms with E-state index >= 15 is 0 Å². The third-order valence-corrected chi connectivity index (χ3v) is 7.27. The fourth-order valence-corrected chi connectivity index (χ4v) is 4.93. The molecule has 3 heterocycles. The average molecular weight is 543 g/mol. The Hall–Kier alpha value is -3.32. The zero-order valence-electron chi connectivity index (χ0n) is 21.1. The lowest BCUT2D eigenvalue weighted by Gasteiger charge is -2.32. The Morgan fingerprint density at radius 1 is 1.24 bits per heavy atom. The first-order valence-electron chi connectivity index (χ1n) is 11.8. The van der Waals surface area contributed by atoms with Gasteiger partial charge in [-0.3, -0.25) is 19.4 Å². The number of benzene rings is 1. The van der Waals surface area contributed by atoms with E-state index in [1.54, 1.807) is 7.05 Å². The molecule has 1 N–H and O–H groups in total. The highest BCUT2D eigenvalue weighted by atomic mass is 19.4. The third-order valence-electron chi connectivity index (χ3n) is 7.27. The van der Waals surface area contributed by atoms with E-state index in [2.05, 4.69) is 10.3 Å². The van der Waals surface area contributed by atoms with Crippen molar-refractivity contribution in [3.8, 4) is 5.75 Å². The Morgan fingerprint density at radius 2 is 1.95 bits per heavy atom. The predicted molar refractivity (Wildman–Crippen MR) is 127 cm³/mol. The van der Waals surface area contributed by atoms with Gasteiger partial charge in [0.05, 0.1) is 13.7 Å². The van der Waals surface area contributed by atoms with Crippen LogP contribution in [-0.4, -0.2) is 73.4 Å². The van der Waals surface area contributed by atoms with E-state index in [0.29, 0.717) is 13.1 Å². The van der Waals surface area contributed by atoms with E-state index in [9.17, 15) is 31.5 Å². The van der Waals surface area contributed by atoms with Crippen molar-refractivity contribution in [1.29, 1.82) is 0 Å². The number of hydrogen-bond acceptors (Lipinski definition) is 6. The maximum atomic E-state index is 14.5. The number of nitrogens with zero attached hydrogens (tertiary/aromatic N) is 3. The lowest BCUT2D eigenvalue weighted by molar-refractivity contribution is -0.272. The number of amides is 2. The predicted octanol–water partition coefficient (Wildman–Crippen LogP) is 3.73. The molecule has 2 aliphatic heterocycles. The monoisotopic (exact) mass is 542 g/mol. The van der Waals surface area contributed by atoms with E-state index in [4.69, 9.17) is 9.47 Å². The molecule has 1 aromatic carbocycles. The molecule has 0 radical (unpaired) electrons. The van der Waals surface area contributed by atoms with Crippen molar-refractivity contribution in [2.45, 2.75) is 37.6 Å². The van der Waals surface area contributed by atoms with Gasteiger partial charge in [-0.2, -0.15) is 17.6 Å². The highest BCUT2D eigenvalue weighted by Crippen LogP contribution is 2.55. The van der Waals surface area contributed by atoms with Crippen LogP contribution in [0.4, 0.5) is 33.5 Å². The van der Waals surface area contributed by atoms with Gasteiger partial charge in [-0.15, -0.1) is 0 Å². The molecule has 13 heteroatoms. The summed E-state index contributed by atoms with van der Waals surface area (Å²) in [5.74, 6) is -6.83. The molecule has 0 saturated carbocycles. The summed E-state index contributed by atoms with van der Waals surface area (Å²) in [6.45, 7) is 3.19. The van der Waals surface area contributed by atoms with Gasteiger partial charge < -0.3 is 14.8 Å². The molecule has 2 saturated heterocycles. The van der Waals surface area contributed by atoms with Gasteiger partial charge in [0.2, 0.25) is 11.7 Å². The summed E-state index contributed by atoms with van der Waals surface area (Å²) >= 11 is 0. The van der Waals surface area contributed by atoms with Crippen LogP contribution in [0.3, 0.4) is 0 Å². The van der Waals surface area contributed by atoms with Crippen molar-refractivity contribution < 1.29 is 41.0 Å². The maximum Gasteiger partial charge on any atom is 0.417 e. The molecule has 0 aliphatic carbocycles. The normalized spacial score (nSPS) is 26.5. The Labute approximate surface area is 215 Å². The molecule has 8 nitrogen and oxygen atoms in total. The first-order valence-corrected chi connectivity index (χ1v) is 11.8. The van der Waals surface area contributed by atoms with Crippen LogP contribution in [0.25, 0.3) is 0 Å². The Bertz CT molecular complexity index is 1240. The van der Waals surface area contributed by atoms with Crippen molar-refractivity contribution in [2.24, 2.45) is 5.92 Å². The van der Waals surface area contributed by atoms with Crippen LogP contribution in [0.15, 0.2) is 30.5 Å². The number of ether oxygens (including phenoxy) is 2. The standard InChI is InChI=1S/C25H27F5N4O4/c1-13-19(15-5-6-16(26)20(27)21(15)37-4)22(38-24(13,2)25(28,29)30)23(36)32-14-7-8-31-17(11-14)34-10-9-33(3)12-18(34)35/h5-8,11,13,19,22H,9-10,12H2,1-4H3,(H,31,32,36). The molecule has 2 fully saturated rings. The van der Waals surface area contributed by atoms with Gasteiger partial charge >= 0.3 is 6.18 Å². The molecule has 2 amide bonds. The molecule has 2 aromatic rings. The smallest absolute Gasteiger partial charge is 0.417 e. The first kappa shape index (κ1) is 27.7. The van der Waals surface area contributed by atoms with Gasteiger partial charge in [-0.25, -0.2) is 9.37 Å². The fourth-order valence-electron chi connectivity index (χ4n) is 4.93. The summed E-state index contributed by atoms with van der Waals surface area (Å²) in [5.41, 5.74) is -2.74. The topological polar surface area (TPSA) is 84.0 Å². The van der Waals surface area contributed by atoms with Crippen LogP contribution in [0.1, 0.15) is 25.3 Å². The number of likely N-dealkylation sites (N-methyl/N-ethyl adjacent to an activating group) is 1. The summed E-state index contributed by atoms with van der Waals surface area (Å²) < 4.78 is 81.1. The van der Waals surface area contributed by atoms with Crippen LogP contribution >= 0.6 is 0 Å². The number of piperazine rings is 1. The Morgan fingerprint density at radius 3 is 2.58 bits per heavy atom. The molecule has 2 aliphatic rings. The minimum absolute atomic E-state index is 0.134. The fraction of sp³-hybridized carbons (Fsp3) is 0.480. The number of anilines is 2. The highest BCUT2D eigenvalue weighted by molar-refractivity contribution is 5.97. The SMILES string of the molecule is COc1c(C2C(C(=O)Nc3ccnc(N4CCN(C)CC4=O)c3)OC(C)(C(F)(F)F)C2C)ccc(F)c1F. The zero-order chi connectivity index (χ0) is 28.0.